The Hall–Kier alpha value is -1.14. The Morgan fingerprint density at radius 2 is 1.86 bits per heavy atom. The predicted molar refractivity (Wildman–Crippen MR) is 79.7 cm³/mol. The fourth-order valence-electron chi connectivity index (χ4n) is 3.70. The monoisotopic (exact) mass is 312 g/mol. The number of nitrogens with zero attached hydrogens (tertiary/aromatic N) is 1. The first-order chi connectivity index (χ1) is 10.00. The number of sulfonamides is 1. The molecule has 2 fully saturated rings. The number of hydrogen-bond donors (Lipinski definition) is 1. The van der Waals surface area contributed by atoms with Crippen molar-refractivity contribution in [2.75, 3.05) is 12.3 Å². The maximum absolute atomic E-state index is 13.3. The maximum Gasteiger partial charge on any atom is 0.243 e. The first kappa shape index (κ1) is 14.8. The second-order valence-electron chi connectivity index (χ2n) is 6.05. The minimum Gasteiger partial charge on any atom is -0.396 e. The molecule has 0 amide bonds. The molecule has 2 aliphatic rings. The highest BCUT2D eigenvalue weighted by Crippen LogP contribution is 2.38. The summed E-state index contributed by atoms with van der Waals surface area (Å²) in [5.74, 6) is -0.109. The topological polar surface area (TPSA) is 63.4 Å². The Bertz CT molecular complexity index is 627. The van der Waals surface area contributed by atoms with Crippen LogP contribution in [0.4, 0.5) is 10.1 Å². The van der Waals surface area contributed by atoms with Gasteiger partial charge in [0, 0.05) is 12.6 Å². The van der Waals surface area contributed by atoms with Crippen LogP contribution in [0.5, 0.6) is 0 Å². The van der Waals surface area contributed by atoms with Crippen molar-refractivity contribution in [3.63, 3.8) is 0 Å². The van der Waals surface area contributed by atoms with Crippen molar-refractivity contribution < 1.29 is 12.8 Å². The number of benzene rings is 1. The summed E-state index contributed by atoms with van der Waals surface area (Å²) in [6.45, 7) is 0.556. The highest BCUT2D eigenvalue weighted by Gasteiger charge is 2.40. The lowest BCUT2D eigenvalue weighted by Crippen LogP contribution is -2.39. The molecule has 1 atom stereocenters. The minimum atomic E-state index is -3.58. The van der Waals surface area contributed by atoms with Gasteiger partial charge in [-0.05, 0) is 49.8 Å². The molecule has 1 saturated heterocycles. The first-order valence-electron chi connectivity index (χ1n) is 7.57. The molecule has 1 unspecified atom stereocenters. The quantitative estimate of drug-likeness (QED) is 0.873. The molecule has 1 aliphatic carbocycles. The molecule has 4 nitrogen and oxygen atoms in total. The van der Waals surface area contributed by atoms with E-state index in [9.17, 15) is 12.8 Å². The molecule has 0 spiro atoms. The summed E-state index contributed by atoms with van der Waals surface area (Å²) in [6.07, 6.45) is 6.44. The van der Waals surface area contributed by atoms with Gasteiger partial charge < -0.3 is 5.73 Å². The molecule has 2 N–H and O–H groups in total. The SMILES string of the molecule is Nc1cc(S(=O)(=O)N2CCCC2C2CCCC2)ccc1F. The Balaban J connectivity index is 1.91. The van der Waals surface area contributed by atoms with Crippen LogP contribution in [0.25, 0.3) is 0 Å². The van der Waals surface area contributed by atoms with Gasteiger partial charge in [-0.3, -0.25) is 0 Å². The van der Waals surface area contributed by atoms with Crippen LogP contribution in [0.2, 0.25) is 0 Å². The molecule has 1 aromatic carbocycles. The van der Waals surface area contributed by atoms with E-state index in [0.717, 1.165) is 31.7 Å². The standard InChI is InChI=1S/C15H21FN2O2S/c16-13-8-7-12(10-14(13)17)21(19,20)18-9-3-6-15(18)11-4-1-2-5-11/h7-8,10-11,15H,1-6,9,17H2. The third-order valence-electron chi connectivity index (χ3n) is 4.77. The van der Waals surface area contributed by atoms with Gasteiger partial charge in [-0.15, -0.1) is 0 Å². The summed E-state index contributed by atoms with van der Waals surface area (Å²) in [4.78, 5) is 0.103. The normalized spacial score (nSPS) is 24.7. The maximum atomic E-state index is 13.3. The van der Waals surface area contributed by atoms with Gasteiger partial charge in [0.05, 0.1) is 10.6 Å². The van der Waals surface area contributed by atoms with Crippen molar-refractivity contribution in [2.45, 2.75) is 49.5 Å². The molecule has 1 heterocycles. The Kier molecular flexibility index (Phi) is 3.92. The summed E-state index contributed by atoms with van der Waals surface area (Å²) in [5, 5.41) is 0. The van der Waals surface area contributed by atoms with E-state index in [-0.39, 0.29) is 16.6 Å². The molecule has 21 heavy (non-hydrogen) atoms. The molecular weight excluding hydrogens is 291 g/mol. The zero-order valence-electron chi connectivity index (χ0n) is 12.0. The Morgan fingerprint density at radius 1 is 1.14 bits per heavy atom. The van der Waals surface area contributed by atoms with Crippen LogP contribution in [0.1, 0.15) is 38.5 Å². The van der Waals surface area contributed by atoms with Crippen LogP contribution in [-0.2, 0) is 10.0 Å². The largest absolute Gasteiger partial charge is 0.396 e. The van der Waals surface area contributed by atoms with Gasteiger partial charge in [-0.25, -0.2) is 12.8 Å². The van der Waals surface area contributed by atoms with Crippen LogP contribution < -0.4 is 5.73 Å². The number of hydrogen-bond acceptors (Lipinski definition) is 3. The summed E-state index contributed by atoms with van der Waals surface area (Å²) in [5.41, 5.74) is 5.40. The van der Waals surface area contributed by atoms with E-state index in [2.05, 4.69) is 0 Å². The highest BCUT2D eigenvalue weighted by atomic mass is 32.2. The second-order valence-corrected chi connectivity index (χ2v) is 7.94. The van der Waals surface area contributed by atoms with Crippen molar-refractivity contribution in [1.29, 1.82) is 0 Å². The third-order valence-corrected chi connectivity index (χ3v) is 6.69. The van der Waals surface area contributed by atoms with Crippen molar-refractivity contribution in [2.24, 2.45) is 5.92 Å². The lowest BCUT2D eigenvalue weighted by atomic mass is 9.97. The number of halogens is 1. The molecule has 1 aliphatic heterocycles. The van der Waals surface area contributed by atoms with Crippen LogP contribution in [-0.4, -0.2) is 25.3 Å². The predicted octanol–water partition coefficient (Wildman–Crippen LogP) is 2.75. The van der Waals surface area contributed by atoms with Gasteiger partial charge >= 0.3 is 0 Å². The average Bonchev–Trinajstić information content (AvgIpc) is 3.11. The third kappa shape index (κ3) is 2.66. The first-order valence-corrected chi connectivity index (χ1v) is 9.01. The van der Waals surface area contributed by atoms with Crippen molar-refractivity contribution in [1.82, 2.24) is 4.31 Å². The number of rotatable bonds is 3. The van der Waals surface area contributed by atoms with Crippen LogP contribution in [0.15, 0.2) is 23.1 Å². The molecule has 1 aromatic rings. The average molecular weight is 312 g/mol. The van der Waals surface area contributed by atoms with E-state index < -0.39 is 15.8 Å². The number of nitrogens with two attached hydrogens (primary N) is 1. The number of nitrogen functional groups attached to an aromatic ring is 1. The summed E-state index contributed by atoms with van der Waals surface area (Å²) < 4.78 is 40.5. The Morgan fingerprint density at radius 3 is 2.52 bits per heavy atom. The zero-order chi connectivity index (χ0) is 15.0. The van der Waals surface area contributed by atoms with Crippen molar-refractivity contribution in [3.8, 4) is 0 Å². The second kappa shape index (κ2) is 5.57. The van der Waals surface area contributed by atoms with Crippen LogP contribution in [0, 0.1) is 11.7 Å². The molecule has 0 bridgehead atoms. The van der Waals surface area contributed by atoms with Crippen LogP contribution >= 0.6 is 0 Å². The summed E-state index contributed by atoms with van der Waals surface area (Å²) in [6, 6.07) is 3.77. The lowest BCUT2D eigenvalue weighted by molar-refractivity contribution is 0.288. The highest BCUT2D eigenvalue weighted by molar-refractivity contribution is 7.89. The van der Waals surface area contributed by atoms with E-state index >= 15 is 0 Å². The lowest BCUT2D eigenvalue weighted by Gasteiger charge is -2.28. The fourth-order valence-corrected chi connectivity index (χ4v) is 5.49. The van der Waals surface area contributed by atoms with E-state index in [1.807, 2.05) is 0 Å². The van der Waals surface area contributed by atoms with Gasteiger partial charge in [-0.1, -0.05) is 12.8 Å². The van der Waals surface area contributed by atoms with Gasteiger partial charge in [0.2, 0.25) is 10.0 Å². The fraction of sp³-hybridized carbons (Fsp3) is 0.600. The van der Waals surface area contributed by atoms with Gasteiger partial charge in [0.15, 0.2) is 0 Å². The zero-order valence-corrected chi connectivity index (χ0v) is 12.8. The van der Waals surface area contributed by atoms with E-state index in [4.69, 9.17) is 5.73 Å². The smallest absolute Gasteiger partial charge is 0.243 e. The molecule has 3 rings (SSSR count). The van der Waals surface area contributed by atoms with Gasteiger partial charge in [-0.2, -0.15) is 4.31 Å². The molecule has 1 saturated carbocycles. The Labute approximate surface area is 125 Å². The molecule has 0 aromatic heterocycles. The molecule has 116 valence electrons. The van der Waals surface area contributed by atoms with Crippen LogP contribution in [0.3, 0.4) is 0 Å². The van der Waals surface area contributed by atoms with Crippen molar-refractivity contribution >= 4 is 15.7 Å². The van der Waals surface area contributed by atoms with Gasteiger partial charge in [0.25, 0.3) is 0 Å². The van der Waals surface area contributed by atoms with Crippen molar-refractivity contribution in [3.05, 3.63) is 24.0 Å². The van der Waals surface area contributed by atoms with E-state index in [0.29, 0.717) is 12.5 Å². The van der Waals surface area contributed by atoms with E-state index in [1.54, 1.807) is 4.31 Å². The summed E-state index contributed by atoms with van der Waals surface area (Å²) in [7, 11) is -3.58. The number of anilines is 1. The molecule has 6 heteroatoms. The van der Waals surface area contributed by atoms with Gasteiger partial charge in [0.1, 0.15) is 5.82 Å². The summed E-state index contributed by atoms with van der Waals surface area (Å²) >= 11 is 0. The minimum absolute atomic E-state index is 0.101. The van der Waals surface area contributed by atoms with E-state index in [1.165, 1.54) is 25.0 Å². The molecule has 0 radical (unpaired) electrons. The molecular formula is C15H21FN2O2S.